The Labute approximate surface area is 112 Å². The molecule has 0 N–H and O–H groups in total. The van der Waals surface area contributed by atoms with Crippen molar-refractivity contribution in [2.24, 2.45) is 0 Å². The van der Waals surface area contributed by atoms with E-state index in [0.29, 0.717) is 5.92 Å². The Morgan fingerprint density at radius 1 is 1.11 bits per heavy atom. The van der Waals surface area contributed by atoms with E-state index in [1.807, 2.05) is 0 Å². The van der Waals surface area contributed by atoms with Gasteiger partial charge >= 0.3 is 0 Å². The van der Waals surface area contributed by atoms with Gasteiger partial charge in [-0.05, 0) is 39.2 Å². The Kier molecular flexibility index (Phi) is 2.59. The molecule has 3 heterocycles. The van der Waals surface area contributed by atoms with Gasteiger partial charge in [0.05, 0.1) is 0 Å². The molecule has 98 valence electrons. The fourth-order valence-corrected chi connectivity index (χ4v) is 4.13. The number of aromatic nitrogens is 2. The highest BCUT2D eigenvalue weighted by Crippen LogP contribution is 2.40. The highest BCUT2D eigenvalue weighted by molar-refractivity contribution is 7.09. The summed E-state index contributed by atoms with van der Waals surface area (Å²) >= 11 is 1.61. The van der Waals surface area contributed by atoms with Gasteiger partial charge in [0.25, 0.3) is 0 Å². The summed E-state index contributed by atoms with van der Waals surface area (Å²) in [6, 6.07) is 1.53. The van der Waals surface area contributed by atoms with Gasteiger partial charge in [0, 0.05) is 42.6 Å². The van der Waals surface area contributed by atoms with E-state index in [1.54, 1.807) is 11.5 Å². The summed E-state index contributed by atoms with van der Waals surface area (Å²) in [5.41, 5.74) is 0. The Balaban J connectivity index is 1.53. The maximum atomic E-state index is 4.76. The number of fused-ring (bicyclic) bond motifs is 2. The first-order chi connectivity index (χ1) is 8.81. The van der Waals surface area contributed by atoms with E-state index in [9.17, 15) is 0 Å². The largest absolute Gasteiger partial charge is 0.345 e. The second-order valence-corrected chi connectivity index (χ2v) is 6.72. The van der Waals surface area contributed by atoms with Crippen molar-refractivity contribution < 1.29 is 0 Å². The van der Waals surface area contributed by atoms with Gasteiger partial charge in [-0.15, -0.1) is 0 Å². The van der Waals surface area contributed by atoms with Crippen LogP contribution in [0.15, 0.2) is 0 Å². The van der Waals surface area contributed by atoms with Crippen molar-refractivity contribution in [3.8, 4) is 0 Å². The molecule has 2 saturated heterocycles. The molecule has 1 aliphatic carbocycles. The zero-order valence-electron chi connectivity index (χ0n) is 10.9. The van der Waals surface area contributed by atoms with Crippen molar-refractivity contribution >= 4 is 16.7 Å². The standard InChI is InChI=1S/C13H20N4S/c1-16-10-4-5-11(16)8-17(7-6-10)13-14-12(15-18-13)9-2-3-9/h9-11H,2-8H2,1H3. The van der Waals surface area contributed by atoms with E-state index in [4.69, 9.17) is 4.98 Å². The molecular formula is C13H20N4S. The maximum Gasteiger partial charge on any atom is 0.205 e. The van der Waals surface area contributed by atoms with Crippen LogP contribution in [-0.2, 0) is 0 Å². The van der Waals surface area contributed by atoms with Gasteiger partial charge in [-0.3, -0.25) is 4.90 Å². The zero-order valence-corrected chi connectivity index (χ0v) is 11.7. The van der Waals surface area contributed by atoms with Crippen molar-refractivity contribution in [3.63, 3.8) is 0 Å². The van der Waals surface area contributed by atoms with Crippen LogP contribution in [0.4, 0.5) is 5.13 Å². The number of hydrogen-bond donors (Lipinski definition) is 0. The Hall–Kier alpha value is -0.680. The molecule has 0 aromatic carbocycles. The lowest BCUT2D eigenvalue weighted by Gasteiger charge is -2.24. The van der Waals surface area contributed by atoms with E-state index in [0.717, 1.165) is 36.1 Å². The average molecular weight is 264 g/mol. The molecule has 5 heteroatoms. The highest BCUT2D eigenvalue weighted by Gasteiger charge is 2.36. The molecular weight excluding hydrogens is 244 g/mol. The van der Waals surface area contributed by atoms with Crippen molar-refractivity contribution in [1.82, 2.24) is 14.3 Å². The molecule has 4 rings (SSSR count). The van der Waals surface area contributed by atoms with E-state index in [-0.39, 0.29) is 0 Å². The van der Waals surface area contributed by atoms with Gasteiger partial charge in [0.15, 0.2) is 0 Å². The van der Waals surface area contributed by atoms with Crippen molar-refractivity contribution in [1.29, 1.82) is 0 Å². The van der Waals surface area contributed by atoms with Crippen LogP contribution in [0.1, 0.15) is 43.8 Å². The molecule has 0 spiro atoms. The van der Waals surface area contributed by atoms with Gasteiger partial charge in [0.1, 0.15) is 5.82 Å². The lowest BCUT2D eigenvalue weighted by molar-refractivity contribution is 0.254. The number of hydrogen-bond acceptors (Lipinski definition) is 5. The van der Waals surface area contributed by atoms with E-state index < -0.39 is 0 Å². The van der Waals surface area contributed by atoms with Crippen molar-refractivity contribution in [2.75, 3.05) is 25.0 Å². The number of nitrogens with zero attached hydrogens (tertiary/aromatic N) is 4. The van der Waals surface area contributed by atoms with Crippen LogP contribution in [0.2, 0.25) is 0 Å². The number of anilines is 1. The molecule has 2 bridgehead atoms. The predicted molar refractivity (Wildman–Crippen MR) is 73.3 cm³/mol. The summed E-state index contributed by atoms with van der Waals surface area (Å²) in [5, 5.41) is 1.16. The zero-order chi connectivity index (χ0) is 12.1. The van der Waals surface area contributed by atoms with Gasteiger partial charge < -0.3 is 4.90 Å². The summed E-state index contributed by atoms with van der Waals surface area (Å²) in [6.07, 6.45) is 6.61. The first-order valence-corrected chi connectivity index (χ1v) is 7.89. The second kappa shape index (κ2) is 4.17. The number of rotatable bonds is 2. The molecule has 0 amide bonds. The van der Waals surface area contributed by atoms with E-state index >= 15 is 0 Å². The molecule has 4 nitrogen and oxygen atoms in total. The molecule has 1 aromatic heterocycles. The Morgan fingerprint density at radius 3 is 2.78 bits per heavy atom. The minimum absolute atomic E-state index is 0.682. The monoisotopic (exact) mass is 264 g/mol. The third kappa shape index (κ3) is 1.84. The van der Waals surface area contributed by atoms with Crippen LogP contribution in [0.5, 0.6) is 0 Å². The average Bonchev–Trinajstić information content (AvgIpc) is 3.02. The Bertz CT molecular complexity index is 442. The summed E-state index contributed by atoms with van der Waals surface area (Å²) in [4.78, 5) is 9.82. The molecule has 0 radical (unpaired) electrons. The minimum Gasteiger partial charge on any atom is -0.345 e. The Morgan fingerprint density at radius 2 is 1.94 bits per heavy atom. The molecule has 18 heavy (non-hydrogen) atoms. The van der Waals surface area contributed by atoms with Crippen LogP contribution in [0.25, 0.3) is 0 Å². The third-order valence-electron chi connectivity index (χ3n) is 4.79. The second-order valence-electron chi connectivity index (χ2n) is 5.99. The molecule has 1 aromatic rings. The van der Waals surface area contributed by atoms with Crippen LogP contribution in [0.3, 0.4) is 0 Å². The molecule has 2 aliphatic heterocycles. The van der Waals surface area contributed by atoms with E-state index in [1.165, 1.54) is 32.1 Å². The third-order valence-corrected chi connectivity index (χ3v) is 5.58. The molecule has 2 atom stereocenters. The number of likely N-dealkylation sites (N-methyl/N-ethyl adjacent to an activating group) is 1. The first-order valence-electron chi connectivity index (χ1n) is 7.12. The fraction of sp³-hybridized carbons (Fsp3) is 0.846. The van der Waals surface area contributed by atoms with Crippen LogP contribution in [-0.4, -0.2) is 46.5 Å². The first kappa shape index (κ1) is 11.2. The van der Waals surface area contributed by atoms with Gasteiger partial charge in [-0.2, -0.15) is 4.37 Å². The topological polar surface area (TPSA) is 32.3 Å². The summed E-state index contributed by atoms with van der Waals surface area (Å²) in [7, 11) is 2.29. The SMILES string of the molecule is CN1C2CCC1CN(c1nc(C3CC3)ns1)CC2. The van der Waals surface area contributed by atoms with Gasteiger partial charge in [0.2, 0.25) is 5.13 Å². The quantitative estimate of drug-likeness (QED) is 0.819. The molecule has 3 fully saturated rings. The lowest BCUT2D eigenvalue weighted by atomic mass is 10.1. The van der Waals surface area contributed by atoms with Crippen LogP contribution >= 0.6 is 11.5 Å². The highest BCUT2D eigenvalue weighted by atomic mass is 32.1. The summed E-state index contributed by atoms with van der Waals surface area (Å²) in [5.74, 6) is 1.79. The minimum atomic E-state index is 0.682. The lowest BCUT2D eigenvalue weighted by Crippen LogP contribution is -2.36. The smallest absolute Gasteiger partial charge is 0.205 e. The van der Waals surface area contributed by atoms with Crippen molar-refractivity contribution in [3.05, 3.63) is 5.82 Å². The van der Waals surface area contributed by atoms with Gasteiger partial charge in [-0.25, -0.2) is 4.98 Å². The normalized spacial score (nSPS) is 32.8. The van der Waals surface area contributed by atoms with Crippen LogP contribution < -0.4 is 4.90 Å². The van der Waals surface area contributed by atoms with E-state index in [2.05, 4.69) is 21.2 Å². The summed E-state index contributed by atoms with van der Waals surface area (Å²) < 4.78 is 4.54. The molecule has 1 saturated carbocycles. The molecule has 2 unspecified atom stereocenters. The maximum absolute atomic E-state index is 4.76. The summed E-state index contributed by atoms with van der Waals surface area (Å²) in [6.45, 7) is 2.30. The molecule has 3 aliphatic rings. The van der Waals surface area contributed by atoms with Gasteiger partial charge in [-0.1, -0.05) is 0 Å². The van der Waals surface area contributed by atoms with Crippen molar-refractivity contribution in [2.45, 2.75) is 50.1 Å². The fourth-order valence-electron chi connectivity index (χ4n) is 3.34. The predicted octanol–water partition coefficient (Wildman–Crippen LogP) is 2.09. The van der Waals surface area contributed by atoms with Crippen LogP contribution in [0, 0.1) is 0 Å².